The van der Waals surface area contributed by atoms with Gasteiger partial charge in [0.05, 0.1) is 16.3 Å². The highest BCUT2D eigenvalue weighted by molar-refractivity contribution is 7.88. The van der Waals surface area contributed by atoms with E-state index in [1.807, 2.05) is 0 Å². The first kappa shape index (κ1) is 24.5. The highest BCUT2D eigenvalue weighted by atomic mass is 35.5. The summed E-state index contributed by atoms with van der Waals surface area (Å²) in [4.78, 5) is 20.9. The number of rotatable bonds is 6. The molecule has 1 aliphatic heterocycles. The SMILES string of the molecule is Cn1cnc(S(=O)(=O)N2CCC(CNC(=O)c3ccc(Cl)cc3Cl)(c3ncccc3F)CC2)n1. The Morgan fingerprint density at radius 3 is 2.56 bits per heavy atom. The Hall–Kier alpha value is -2.60. The maximum Gasteiger partial charge on any atom is 0.282 e. The van der Waals surface area contributed by atoms with Crippen LogP contribution in [0, 0.1) is 5.82 Å². The zero-order valence-corrected chi connectivity index (χ0v) is 20.4. The summed E-state index contributed by atoms with van der Waals surface area (Å²) in [6.45, 7) is 0.191. The first-order valence-corrected chi connectivity index (χ1v) is 12.5. The first-order chi connectivity index (χ1) is 16.1. The second-order valence-corrected chi connectivity index (χ2v) is 10.7. The van der Waals surface area contributed by atoms with Gasteiger partial charge in [-0.05, 0) is 43.2 Å². The van der Waals surface area contributed by atoms with Crippen LogP contribution in [0.25, 0.3) is 0 Å². The molecule has 0 atom stereocenters. The minimum Gasteiger partial charge on any atom is -0.351 e. The van der Waals surface area contributed by atoms with Gasteiger partial charge in [-0.3, -0.25) is 14.5 Å². The van der Waals surface area contributed by atoms with Gasteiger partial charge in [-0.1, -0.05) is 23.2 Å². The molecule has 1 aromatic carbocycles. The van der Waals surface area contributed by atoms with Gasteiger partial charge < -0.3 is 5.32 Å². The van der Waals surface area contributed by atoms with Crippen LogP contribution in [0.1, 0.15) is 28.9 Å². The number of amides is 1. The van der Waals surface area contributed by atoms with Crippen molar-refractivity contribution >= 4 is 39.1 Å². The molecule has 1 N–H and O–H groups in total. The minimum absolute atomic E-state index is 0.0362. The van der Waals surface area contributed by atoms with E-state index in [-0.39, 0.29) is 53.9 Å². The van der Waals surface area contributed by atoms with E-state index in [1.54, 1.807) is 13.1 Å². The Labute approximate surface area is 206 Å². The van der Waals surface area contributed by atoms with Gasteiger partial charge in [0.2, 0.25) is 0 Å². The van der Waals surface area contributed by atoms with Crippen LogP contribution >= 0.6 is 23.2 Å². The lowest BCUT2D eigenvalue weighted by Crippen LogP contribution is -2.51. The molecule has 4 rings (SSSR count). The molecule has 1 aliphatic rings. The zero-order chi connectivity index (χ0) is 24.5. The fraction of sp³-hybridized carbons (Fsp3) is 0.333. The van der Waals surface area contributed by atoms with E-state index in [0.717, 1.165) is 0 Å². The number of sulfonamides is 1. The highest BCUT2D eigenvalue weighted by Gasteiger charge is 2.43. The number of hydrogen-bond acceptors (Lipinski definition) is 6. The van der Waals surface area contributed by atoms with Crippen molar-refractivity contribution in [1.82, 2.24) is 29.4 Å². The number of benzene rings is 1. The summed E-state index contributed by atoms with van der Waals surface area (Å²) >= 11 is 12.1. The average Bonchev–Trinajstić information content (AvgIpc) is 3.25. The number of hydrogen-bond donors (Lipinski definition) is 1. The second kappa shape index (κ2) is 9.57. The molecule has 1 amide bonds. The molecule has 2 aromatic heterocycles. The van der Waals surface area contributed by atoms with Crippen molar-refractivity contribution in [3.8, 4) is 0 Å². The maximum absolute atomic E-state index is 14.8. The van der Waals surface area contributed by atoms with Gasteiger partial charge in [-0.25, -0.2) is 17.8 Å². The monoisotopic (exact) mass is 526 g/mol. The summed E-state index contributed by atoms with van der Waals surface area (Å²) < 4.78 is 43.2. The Morgan fingerprint density at radius 1 is 1.21 bits per heavy atom. The molecule has 0 saturated carbocycles. The Bertz CT molecular complexity index is 1330. The van der Waals surface area contributed by atoms with Crippen LogP contribution in [0.3, 0.4) is 0 Å². The van der Waals surface area contributed by atoms with E-state index in [2.05, 4.69) is 20.4 Å². The molecule has 0 spiro atoms. The average molecular weight is 527 g/mol. The van der Waals surface area contributed by atoms with Crippen molar-refractivity contribution < 1.29 is 17.6 Å². The van der Waals surface area contributed by atoms with Crippen LogP contribution in [0.15, 0.2) is 48.0 Å². The second-order valence-electron chi connectivity index (χ2n) is 8.03. The van der Waals surface area contributed by atoms with Gasteiger partial charge in [0.15, 0.2) is 0 Å². The molecule has 0 bridgehead atoms. The van der Waals surface area contributed by atoms with Gasteiger partial charge in [-0.15, -0.1) is 5.10 Å². The predicted molar refractivity (Wildman–Crippen MR) is 124 cm³/mol. The van der Waals surface area contributed by atoms with Crippen molar-refractivity contribution in [2.24, 2.45) is 7.05 Å². The summed E-state index contributed by atoms with van der Waals surface area (Å²) in [6.07, 6.45) is 3.23. The quantitative estimate of drug-likeness (QED) is 0.528. The zero-order valence-electron chi connectivity index (χ0n) is 18.1. The number of nitrogens with zero attached hydrogens (tertiary/aromatic N) is 5. The number of piperidine rings is 1. The molecule has 1 fully saturated rings. The smallest absolute Gasteiger partial charge is 0.282 e. The van der Waals surface area contributed by atoms with Gasteiger partial charge in [0.25, 0.3) is 21.1 Å². The van der Waals surface area contributed by atoms with E-state index in [9.17, 15) is 17.6 Å². The number of halogens is 3. The summed E-state index contributed by atoms with van der Waals surface area (Å²) in [5.41, 5.74) is -0.529. The van der Waals surface area contributed by atoms with E-state index < -0.39 is 27.2 Å². The number of nitrogens with one attached hydrogen (secondary N) is 1. The number of carbonyl (C=O) groups is 1. The molecule has 3 aromatic rings. The molecule has 3 heterocycles. The number of aryl methyl sites for hydroxylation is 1. The molecular formula is C21H21Cl2FN6O3S. The molecule has 0 unspecified atom stereocenters. The van der Waals surface area contributed by atoms with E-state index >= 15 is 0 Å². The predicted octanol–water partition coefficient (Wildman–Crippen LogP) is 2.81. The van der Waals surface area contributed by atoms with Crippen LogP contribution in [0.5, 0.6) is 0 Å². The molecule has 0 radical (unpaired) electrons. The lowest BCUT2D eigenvalue weighted by atomic mass is 9.75. The Morgan fingerprint density at radius 2 is 1.94 bits per heavy atom. The van der Waals surface area contributed by atoms with Crippen molar-refractivity contribution in [3.05, 3.63) is 70.0 Å². The summed E-state index contributed by atoms with van der Waals surface area (Å²) in [5, 5.41) is 7.00. The molecular weight excluding hydrogens is 506 g/mol. The molecule has 13 heteroatoms. The van der Waals surface area contributed by atoms with Gasteiger partial charge in [0, 0.05) is 43.3 Å². The van der Waals surface area contributed by atoms with Crippen molar-refractivity contribution in [1.29, 1.82) is 0 Å². The van der Waals surface area contributed by atoms with Crippen molar-refractivity contribution in [2.45, 2.75) is 23.4 Å². The lowest BCUT2D eigenvalue weighted by molar-refractivity contribution is 0.0931. The van der Waals surface area contributed by atoms with Crippen LogP contribution < -0.4 is 5.32 Å². The van der Waals surface area contributed by atoms with Crippen LogP contribution in [0.2, 0.25) is 10.0 Å². The molecule has 34 heavy (non-hydrogen) atoms. The third-order valence-corrected chi connectivity index (χ3v) is 8.09. The largest absolute Gasteiger partial charge is 0.351 e. The van der Waals surface area contributed by atoms with Gasteiger partial charge >= 0.3 is 0 Å². The Balaban J connectivity index is 1.57. The van der Waals surface area contributed by atoms with Crippen LogP contribution in [-0.4, -0.2) is 58.0 Å². The van der Waals surface area contributed by atoms with E-state index in [4.69, 9.17) is 23.2 Å². The normalized spacial score (nSPS) is 16.4. The third-order valence-electron chi connectivity index (χ3n) is 5.85. The first-order valence-electron chi connectivity index (χ1n) is 10.3. The van der Waals surface area contributed by atoms with Gasteiger partial charge in [-0.2, -0.15) is 4.31 Å². The van der Waals surface area contributed by atoms with Crippen LogP contribution in [-0.2, 0) is 22.5 Å². The minimum atomic E-state index is -3.91. The standard InChI is InChI=1S/C21H21Cl2FN6O3S/c1-29-13-27-20(28-29)34(32,33)30-9-6-21(7-10-30,18-17(24)3-2-8-25-18)12-26-19(31)15-5-4-14(22)11-16(15)23/h2-5,8,11,13H,6-7,9-10,12H2,1H3,(H,26,31). The van der Waals surface area contributed by atoms with Crippen LogP contribution in [0.4, 0.5) is 4.39 Å². The summed E-state index contributed by atoms with van der Waals surface area (Å²) in [7, 11) is -2.33. The van der Waals surface area contributed by atoms with E-state index in [0.29, 0.717) is 5.02 Å². The molecule has 1 saturated heterocycles. The van der Waals surface area contributed by atoms with Gasteiger partial charge in [0.1, 0.15) is 12.1 Å². The van der Waals surface area contributed by atoms with Crippen molar-refractivity contribution in [3.63, 3.8) is 0 Å². The topological polar surface area (TPSA) is 110 Å². The lowest BCUT2D eigenvalue weighted by Gasteiger charge is -2.40. The molecule has 180 valence electrons. The number of carbonyl (C=O) groups excluding carboxylic acids is 1. The molecule has 0 aliphatic carbocycles. The highest BCUT2D eigenvalue weighted by Crippen LogP contribution is 2.37. The maximum atomic E-state index is 14.8. The summed E-state index contributed by atoms with van der Waals surface area (Å²) in [5.74, 6) is -0.978. The number of aromatic nitrogens is 4. The van der Waals surface area contributed by atoms with Crippen molar-refractivity contribution in [2.75, 3.05) is 19.6 Å². The fourth-order valence-electron chi connectivity index (χ4n) is 4.00. The fourth-order valence-corrected chi connectivity index (χ4v) is 5.80. The number of pyridine rings is 1. The third kappa shape index (κ3) is 4.78. The summed E-state index contributed by atoms with van der Waals surface area (Å²) in [6, 6.07) is 7.28. The van der Waals surface area contributed by atoms with E-state index in [1.165, 1.54) is 45.8 Å². The Kier molecular flexibility index (Phi) is 6.90. The molecule has 9 nitrogen and oxygen atoms in total.